The molecule has 0 unspecified atom stereocenters. The third-order valence-corrected chi connectivity index (χ3v) is 4.71. The van der Waals surface area contributed by atoms with Crippen LogP contribution in [0, 0.1) is 5.92 Å². The first-order valence-electron chi connectivity index (χ1n) is 7.02. The van der Waals surface area contributed by atoms with Crippen LogP contribution in [-0.2, 0) is 17.2 Å². The summed E-state index contributed by atoms with van der Waals surface area (Å²) in [5.41, 5.74) is 3.30. The van der Waals surface area contributed by atoms with Gasteiger partial charge >= 0.3 is 0 Å². The first-order chi connectivity index (χ1) is 9.85. The Kier molecular flexibility index (Phi) is 4.71. The molecule has 1 heterocycles. The average Bonchev–Trinajstić information content (AvgIpc) is 3.18. The Hall–Kier alpha value is -0.900. The molecule has 4 heteroatoms. The Bertz CT molecular complexity index is 565. The molecule has 2 aromatic rings. The molecule has 0 radical (unpaired) electrons. The predicted octanol–water partition coefficient (Wildman–Crippen LogP) is 4.87. The molecular formula is C16H18ClNOS. The van der Waals surface area contributed by atoms with Gasteiger partial charge in [0.05, 0.1) is 18.2 Å². The number of hydrogen-bond donors (Lipinski definition) is 0. The van der Waals surface area contributed by atoms with Crippen molar-refractivity contribution in [2.24, 2.45) is 5.92 Å². The second kappa shape index (κ2) is 6.70. The molecule has 0 spiro atoms. The lowest BCUT2D eigenvalue weighted by Crippen LogP contribution is -1.96. The highest BCUT2D eigenvalue weighted by Crippen LogP contribution is 2.32. The Morgan fingerprint density at radius 3 is 3.00 bits per heavy atom. The van der Waals surface area contributed by atoms with Crippen molar-refractivity contribution in [1.29, 1.82) is 0 Å². The van der Waals surface area contributed by atoms with Crippen molar-refractivity contribution in [3.05, 3.63) is 40.9 Å². The van der Waals surface area contributed by atoms with E-state index in [2.05, 4.69) is 29.2 Å². The predicted molar refractivity (Wildman–Crippen MR) is 84.1 cm³/mol. The molecule has 0 aliphatic heterocycles. The van der Waals surface area contributed by atoms with E-state index in [9.17, 15) is 0 Å². The third kappa shape index (κ3) is 3.81. The molecule has 0 bridgehead atoms. The van der Waals surface area contributed by atoms with Crippen molar-refractivity contribution in [2.45, 2.75) is 31.7 Å². The monoisotopic (exact) mass is 307 g/mol. The number of alkyl halides is 1. The Labute approximate surface area is 128 Å². The molecule has 3 rings (SSSR count). The molecule has 1 aliphatic rings. The van der Waals surface area contributed by atoms with E-state index in [1.807, 2.05) is 5.38 Å². The standard InChI is InChI=1S/C16H18ClNOS/c17-9-15-11-20-16(18-15)14-3-1-2-13(8-14)10-19-7-6-12-4-5-12/h1-3,8,11-12H,4-7,9-10H2. The van der Waals surface area contributed by atoms with Gasteiger partial charge in [0.2, 0.25) is 0 Å². The summed E-state index contributed by atoms with van der Waals surface area (Å²) in [6, 6.07) is 8.42. The molecular weight excluding hydrogens is 290 g/mol. The summed E-state index contributed by atoms with van der Waals surface area (Å²) in [7, 11) is 0. The van der Waals surface area contributed by atoms with E-state index < -0.39 is 0 Å². The maximum atomic E-state index is 5.80. The van der Waals surface area contributed by atoms with Gasteiger partial charge in [0.25, 0.3) is 0 Å². The largest absolute Gasteiger partial charge is 0.377 e. The van der Waals surface area contributed by atoms with Gasteiger partial charge < -0.3 is 4.74 Å². The zero-order valence-corrected chi connectivity index (χ0v) is 12.9. The molecule has 2 nitrogen and oxygen atoms in total. The van der Waals surface area contributed by atoms with Gasteiger partial charge in [-0.3, -0.25) is 0 Å². The average molecular weight is 308 g/mol. The Morgan fingerprint density at radius 2 is 2.25 bits per heavy atom. The van der Waals surface area contributed by atoms with Crippen molar-refractivity contribution >= 4 is 22.9 Å². The van der Waals surface area contributed by atoms with Gasteiger partial charge in [-0.1, -0.05) is 31.0 Å². The van der Waals surface area contributed by atoms with Crippen LogP contribution in [-0.4, -0.2) is 11.6 Å². The summed E-state index contributed by atoms with van der Waals surface area (Å²) < 4.78 is 5.75. The lowest BCUT2D eigenvalue weighted by atomic mass is 10.1. The van der Waals surface area contributed by atoms with Crippen LogP contribution in [0.3, 0.4) is 0 Å². The lowest BCUT2D eigenvalue weighted by molar-refractivity contribution is 0.115. The minimum Gasteiger partial charge on any atom is -0.377 e. The molecule has 1 fully saturated rings. The van der Waals surface area contributed by atoms with Gasteiger partial charge in [0, 0.05) is 17.6 Å². The van der Waals surface area contributed by atoms with Crippen LogP contribution in [0.25, 0.3) is 10.6 Å². The Morgan fingerprint density at radius 1 is 1.35 bits per heavy atom. The maximum absolute atomic E-state index is 5.80. The fraction of sp³-hybridized carbons (Fsp3) is 0.438. The molecule has 0 amide bonds. The SMILES string of the molecule is ClCc1csc(-c2cccc(COCCC3CC3)c2)n1. The summed E-state index contributed by atoms with van der Waals surface area (Å²) in [4.78, 5) is 4.51. The highest BCUT2D eigenvalue weighted by Gasteiger charge is 2.20. The van der Waals surface area contributed by atoms with Crippen LogP contribution in [0.15, 0.2) is 29.6 Å². The summed E-state index contributed by atoms with van der Waals surface area (Å²) in [5, 5.41) is 3.04. The van der Waals surface area contributed by atoms with E-state index in [0.717, 1.165) is 28.8 Å². The number of halogens is 1. The van der Waals surface area contributed by atoms with Gasteiger partial charge in [0.15, 0.2) is 0 Å². The van der Waals surface area contributed by atoms with Gasteiger partial charge in [-0.15, -0.1) is 22.9 Å². The lowest BCUT2D eigenvalue weighted by Gasteiger charge is -2.05. The van der Waals surface area contributed by atoms with Gasteiger partial charge in [0.1, 0.15) is 5.01 Å². The molecule has 20 heavy (non-hydrogen) atoms. The number of nitrogens with zero attached hydrogens (tertiary/aromatic N) is 1. The normalized spacial score (nSPS) is 14.7. The molecule has 0 atom stereocenters. The molecule has 1 saturated carbocycles. The Balaban J connectivity index is 1.59. The smallest absolute Gasteiger partial charge is 0.123 e. The molecule has 106 valence electrons. The van der Waals surface area contributed by atoms with Crippen molar-refractivity contribution in [3.8, 4) is 10.6 Å². The van der Waals surface area contributed by atoms with Gasteiger partial charge in [-0.2, -0.15) is 0 Å². The molecule has 1 aromatic heterocycles. The van der Waals surface area contributed by atoms with E-state index in [0.29, 0.717) is 12.5 Å². The minimum atomic E-state index is 0.473. The van der Waals surface area contributed by atoms with Crippen LogP contribution in [0.5, 0.6) is 0 Å². The number of rotatable bonds is 7. The zero-order valence-electron chi connectivity index (χ0n) is 11.3. The summed E-state index contributed by atoms with van der Waals surface area (Å²) in [6.07, 6.45) is 4.00. The summed E-state index contributed by atoms with van der Waals surface area (Å²) >= 11 is 7.44. The fourth-order valence-electron chi connectivity index (χ4n) is 2.14. The van der Waals surface area contributed by atoms with Crippen molar-refractivity contribution < 1.29 is 4.74 Å². The third-order valence-electron chi connectivity index (χ3n) is 3.50. The van der Waals surface area contributed by atoms with Crippen LogP contribution >= 0.6 is 22.9 Å². The van der Waals surface area contributed by atoms with E-state index in [-0.39, 0.29) is 0 Å². The second-order valence-corrected chi connectivity index (χ2v) is 6.39. The number of thiazole rings is 1. The topological polar surface area (TPSA) is 22.1 Å². The first-order valence-corrected chi connectivity index (χ1v) is 8.44. The van der Waals surface area contributed by atoms with Crippen LogP contribution in [0.4, 0.5) is 0 Å². The zero-order chi connectivity index (χ0) is 13.8. The first kappa shape index (κ1) is 14.1. The maximum Gasteiger partial charge on any atom is 0.123 e. The number of aromatic nitrogens is 1. The molecule has 1 aliphatic carbocycles. The second-order valence-electron chi connectivity index (χ2n) is 5.26. The van der Waals surface area contributed by atoms with Crippen molar-refractivity contribution in [1.82, 2.24) is 4.98 Å². The van der Waals surface area contributed by atoms with E-state index in [1.165, 1.54) is 24.8 Å². The number of hydrogen-bond acceptors (Lipinski definition) is 3. The fourth-order valence-corrected chi connectivity index (χ4v) is 3.19. The highest BCUT2D eigenvalue weighted by atomic mass is 35.5. The summed E-state index contributed by atoms with van der Waals surface area (Å²) in [6.45, 7) is 1.57. The highest BCUT2D eigenvalue weighted by molar-refractivity contribution is 7.13. The quantitative estimate of drug-likeness (QED) is 0.538. The van der Waals surface area contributed by atoms with Crippen LogP contribution < -0.4 is 0 Å². The van der Waals surface area contributed by atoms with E-state index >= 15 is 0 Å². The van der Waals surface area contributed by atoms with Gasteiger partial charge in [-0.05, 0) is 24.0 Å². The summed E-state index contributed by atoms with van der Waals surface area (Å²) in [5.74, 6) is 1.41. The number of ether oxygens (including phenoxy) is 1. The molecule has 1 aromatic carbocycles. The molecule has 0 saturated heterocycles. The number of benzene rings is 1. The van der Waals surface area contributed by atoms with Crippen molar-refractivity contribution in [2.75, 3.05) is 6.61 Å². The van der Waals surface area contributed by atoms with Crippen molar-refractivity contribution in [3.63, 3.8) is 0 Å². The van der Waals surface area contributed by atoms with E-state index in [1.54, 1.807) is 11.3 Å². The van der Waals surface area contributed by atoms with Crippen LogP contribution in [0.1, 0.15) is 30.5 Å². The van der Waals surface area contributed by atoms with Crippen LogP contribution in [0.2, 0.25) is 0 Å². The minimum absolute atomic E-state index is 0.473. The molecule has 0 N–H and O–H groups in total. The van der Waals surface area contributed by atoms with Gasteiger partial charge in [-0.25, -0.2) is 4.98 Å². The van der Waals surface area contributed by atoms with E-state index in [4.69, 9.17) is 16.3 Å².